The maximum Gasteiger partial charge on any atom is 0.379 e. The second-order valence-corrected chi connectivity index (χ2v) is 31.2. The van der Waals surface area contributed by atoms with Crippen molar-refractivity contribution in [3.8, 4) is 5.75 Å². The fraction of sp³-hybridized carbons (Fsp3) is 0.450. The summed E-state index contributed by atoms with van der Waals surface area (Å²) in [6.45, 7) is 36.8. The van der Waals surface area contributed by atoms with Crippen LogP contribution in [0.3, 0.4) is 0 Å². The summed E-state index contributed by atoms with van der Waals surface area (Å²) < 4.78 is 59.5. The Balaban J connectivity index is 0.000000199. The SMILES string of the molecule is CCN(CC)CCCCOC(OCCN(CC)CC)(C(=O)c1ccccc1)c1ccccc1.CCN(CC)CCCOc1ccc2sc3ccccc3c(=O)c2c1.CN(C)CCOC(=O)C(=O)c1ccccc1.O=C(OCCN1CCOCC1)C(=O)c1ccccc1.O=C(c1ccccc1)C(OCCN1CCOCC1)(OCCN1CCOCC1)c1ccccc1. The van der Waals surface area contributed by atoms with Crippen molar-refractivity contribution >= 4 is 66.6 Å². The number of likely N-dealkylation sites (N-methyl/N-ethyl adjacent to an activating group) is 2. The molecule has 0 radical (unpaired) electrons. The van der Waals surface area contributed by atoms with E-state index in [1.807, 2.05) is 183 Å². The fourth-order valence-corrected chi connectivity index (χ4v) is 15.1. The van der Waals surface area contributed by atoms with Gasteiger partial charge < -0.3 is 67.0 Å². The average molecular weight is 1740 g/mol. The minimum atomic E-state index is -1.50. The molecule has 3 aliphatic rings. The zero-order chi connectivity index (χ0) is 89.1. The van der Waals surface area contributed by atoms with Crippen molar-refractivity contribution < 1.29 is 76.1 Å². The van der Waals surface area contributed by atoms with Gasteiger partial charge in [0.1, 0.15) is 19.0 Å². The van der Waals surface area contributed by atoms with Gasteiger partial charge in [-0.05, 0) is 110 Å². The van der Waals surface area contributed by atoms with Crippen molar-refractivity contribution in [3.05, 3.63) is 268 Å². The standard InChI is InChI=1S/C28H42N2O3.C26H34N2O5.C20H23NO2S.C14H17NO4.C12H15NO3/c1-5-29(6-2)21-15-16-23-32-28(26-19-13-10-14-20-26,33-24-22-30(7-3)8-4)27(31)25-17-11-9-12-18-25;29-25(23-7-3-1-4-8-23)26(24-9-5-2-6-10-24,32-21-15-27-11-17-30-18-12-27)33-22-16-28-13-19-31-20-14-28;1-3-21(4-2)12-7-13-23-15-10-11-19-17(14-15)20(22)16-8-5-6-9-18(16)24-19;16-13(12-4-2-1-3-5-12)14(17)19-11-8-15-6-9-18-10-7-15;1-13(2)8-9-16-12(15)11(14)10-6-4-3-5-7-10/h9-14,17-20H,5-8,15-16,21-24H2,1-4H3;1-10H,11-22H2;5-6,8-11,14H,3-4,7,12-13H2,1-2H3;1-5H,6-11H2;3-7H,8-9H2,1-2H3. The number of nitrogens with zero attached hydrogens (tertiary/aromatic N) is 7. The molecule has 25 heteroatoms. The van der Waals surface area contributed by atoms with Crippen molar-refractivity contribution in [3.63, 3.8) is 0 Å². The molecule has 0 spiro atoms. The highest BCUT2D eigenvalue weighted by molar-refractivity contribution is 7.24. The van der Waals surface area contributed by atoms with E-state index in [1.165, 1.54) is 0 Å². The molecule has 0 aliphatic carbocycles. The molecule has 3 aliphatic heterocycles. The summed E-state index contributed by atoms with van der Waals surface area (Å²) in [6, 6.07) is 68.3. The molecular formula is C100H131N7O17S. The van der Waals surface area contributed by atoms with E-state index in [4.69, 9.17) is 47.4 Å². The van der Waals surface area contributed by atoms with Crippen LogP contribution in [0.5, 0.6) is 5.75 Å². The van der Waals surface area contributed by atoms with E-state index in [0.717, 1.165) is 175 Å². The number of Topliss-reactive ketones (excluding diaryl/α,β-unsaturated/α-hetero) is 4. The molecule has 8 aromatic carbocycles. The van der Waals surface area contributed by atoms with Crippen LogP contribution >= 0.6 is 11.3 Å². The first-order valence-corrected chi connectivity index (χ1v) is 45.0. The molecule has 1 atom stereocenters. The zero-order valence-electron chi connectivity index (χ0n) is 74.6. The summed E-state index contributed by atoms with van der Waals surface area (Å²) >= 11 is 1.65. The maximum atomic E-state index is 13.9. The molecule has 674 valence electrons. The van der Waals surface area contributed by atoms with E-state index in [2.05, 4.69) is 70.9 Å². The molecule has 4 heterocycles. The number of fused-ring (bicyclic) bond motifs is 2. The largest absolute Gasteiger partial charge is 0.494 e. The molecule has 24 nitrogen and oxygen atoms in total. The summed E-state index contributed by atoms with van der Waals surface area (Å²) in [4.78, 5) is 102. The monoisotopic (exact) mass is 1730 g/mol. The molecule has 9 aromatic rings. The zero-order valence-corrected chi connectivity index (χ0v) is 75.4. The van der Waals surface area contributed by atoms with E-state index < -0.39 is 35.1 Å². The van der Waals surface area contributed by atoms with Crippen molar-refractivity contribution in [2.45, 2.75) is 72.4 Å². The topological polar surface area (TPSA) is 234 Å². The highest BCUT2D eigenvalue weighted by Gasteiger charge is 2.45. The summed E-state index contributed by atoms with van der Waals surface area (Å²) in [5, 5.41) is 1.54. The maximum absolute atomic E-state index is 13.9. The molecule has 1 aromatic heterocycles. The number of ketones is 4. The quantitative estimate of drug-likeness (QED) is 0.00861. The number of hydrogen-bond donors (Lipinski definition) is 0. The molecule has 3 saturated heterocycles. The molecule has 0 saturated carbocycles. The first-order chi connectivity index (χ1) is 61.0. The van der Waals surface area contributed by atoms with E-state index in [0.29, 0.717) is 100 Å². The lowest BCUT2D eigenvalue weighted by molar-refractivity contribution is -0.214. The van der Waals surface area contributed by atoms with Crippen LogP contribution in [0.2, 0.25) is 0 Å². The number of carbonyl (C=O) groups excluding carboxylic acids is 6. The van der Waals surface area contributed by atoms with Crippen molar-refractivity contribution in [2.75, 3.05) is 224 Å². The van der Waals surface area contributed by atoms with Crippen LogP contribution in [0.15, 0.2) is 229 Å². The first-order valence-electron chi connectivity index (χ1n) is 44.2. The Kier molecular flexibility index (Phi) is 46.2. The smallest absolute Gasteiger partial charge is 0.379 e. The number of esters is 2. The molecule has 12 rings (SSSR count). The number of benzene rings is 8. The predicted molar refractivity (Wildman–Crippen MR) is 494 cm³/mol. The lowest BCUT2D eigenvalue weighted by Crippen LogP contribution is -2.46. The Morgan fingerprint density at radius 1 is 0.360 bits per heavy atom. The third-order valence-electron chi connectivity index (χ3n) is 21.6. The number of hydrogen-bond acceptors (Lipinski definition) is 25. The molecule has 1 unspecified atom stereocenters. The van der Waals surface area contributed by atoms with Gasteiger partial charge in [0.2, 0.25) is 11.6 Å². The van der Waals surface area contributed by atoms with E-state index in [9.17, 15) is 33.6 Å². The van der Waals surface area contributed by atoms with Crippen LogP contribution < -0.4 is 10.2 Å². The van der Waals surface area contributed by atoms with Crippen molar-refractivity contribution in [2.24, 2.45) is 0 Å². The lowest BCUT2D eigenvalue weighted by Gasteiger charge is -2.35. The van der Waals surface area contributed by atoms with E-state index in [1.54, 1.807) is 72.0 Å². The van der Waals surface area contributed by atoms with Gasteiger partial charge in [0.15, 0.2) is 5.43 Å². The Morgan fingerprint density at radius 3 is 1.15 bits per heavy atom. The summed E-state index contributed by atoms with van der Waals surface area (Å²) in [5.74, 6) is -5.29. The van der Waals surface area contributed by atoms with E-state index in [-0.39, 0.29) is 30.2 Å². The van der Waals surface area contributed by atoms with Gasteiger partial charge in [0, 0.05) is 132 Å². The van der Waals surface area contributed by atoms with Crippen molar-refractivity contribution in [1.29, 1.82) is 0 Å². The molecule has 0 N–H and O–H groups in total. The second-order valence-electron chi connectivity index (χ2n) is 30.2. The number of rotatable bonds is 45. The summed E-state index contributed by atoms with van der Waals surface area (Å²) in [6.07, 6.45) is 2.88. The Morgan fingerprint density at radius 2 is 0.720 bits per heavy atom. The number of ether oxygens (including phenoxy) is 10. The third kappa shape index (κ3) is 33.7. The number of unbranched alkanes of at least 4 members (excludes halogenated alkanes) is 1. The summed E-state index contributed by atoms with van der Waals surface area (Å²) in [5.41, 5.74) is 3.42. The number of morpholine rings is 3. The second kappa shape index (κ2) is 57.3. The van der Waals surface area contributed by atoms with Crippen LogP contribution in [-0.2, 0) is 63.8 Å². The lowest BCUT2D eigenvalue weighted by atomic mass is 9.95. The first kappa shape index (κ1) is 101. The Hall–Kier alpha value is -9.49. The Bertz CT molecular complexity index is 4590. The Labute approximate surface area is 743 Å². The van der Waals surface area contributed by atoms with Gasteiger partial charge in [-0.2, -0.15) is 0 Å². The minimum Gasteiger partial charge on any atom is -0.494 e. The van der Waals surface area contributed by atoms with Gasteiger partial charge in [-0.25, -0.2) is 9.59 Å². The molecule has 0 bridgehead atoms. The highest BCUT2D eigenvalue weighted by atomic mass is 32.1. The van der Waals surface area contributed by atoms with Crippen LogP contribution in [0.25, 0.3) is 20.2 Å². The highest BCUT2D eigenvalue weighted by Crippen LogP contribution is 2.35. The van der Waals surface area contributed by atoms with Gasteiger partial charge in [-0.3, -0.25) is 38.7 Å². The van der Waals surface area contributed by atoms with E-state index >= 15 is 0 Å². The van der Waals surface area contributed by atoms with Crippen LogP contribution in [0, 0.1) is 0 Å². The van der Waals surface area contributed by atoms with Crippen LogP contribution in [0.1, 0.15) is 113 Å². The normalized spacial score (nSPS) is 14.3. The fourth-order valence-electron chi connectivity index (χ4n) is 14.0. The molecule has 0 amide bonds. The van der Waals surface area contributed by atoms with Gasteiger partial charge in [0.05, 0.1) is 72.7 Å². The van der Waals surface area contributed by atoms with Gasteiger partial charge in [-0.15, -0.1) is 11.3 Å². The number of carbonyl (C=O) groups is 6. The van der Waals surface area contributed by atoms with Crippen LogP contribution in [0.4, 0.5) is 0 Å². The van der Waals surface area contributed by atoms with Crippen molar-refractivity contribution in [1.82, 2.24) is 34.3 Å². The average Bonchev–Trinajstić information content (AvgIpc) is 0.788. The summed E-state index contributed by atoms with van der Waals surface area (Å²) in [7, 11) is 3.74. The van der Waals surface area contributed by atoms with Gasteiger partial charge in [-0.1, -0.05) is 236 Å². The molecule has 3 fully saturated rings. The predicted octanol–water partition coefficient (Wildman–Crippen LogP) is 13.9. The third-order valence-corrected chi connectivity index (χ3v) is 22.7. The van der Waals surface area contributed by atoms with Gasteiger partial charge in [0.25, 0.3) is 23.1 Å². The van der Waals surface area contributed by atoms with Crippen LogP contribution in [-0.4, -0.2) is 294 Å². The van der Waals surface area contributed by atoms with Gasteiger partial charge >= 0.3 is 11.9 Å². The minimum absolute atomic E-state index is 0.0907. The molecule has 125 heavy (non-hydrogen) atoms. The molecular weight excluding hydrogens is 1600 g/mol.